The van der Waals surface area contributed by atoms with Gasteiger partial charge in [0.2, 0.25) is 27.7 Å². The highest BCUT2D eigenvalue weighted by molar-refractivity contribution is 7.89. The number of rotatable bonds is 11. The fourth-order valence-electron chi connectivity index (χ4n) is 6.44. The molecular weight excluding hydrogens is 602 g/mol. The van der Waals surface area contributed by atoms with Crippen molar-refractivity contribution in [1.82, 2.24) is 20.3 Å². The number of hydrogen-bond acceptors (Lipinski definition) is 6. The second-order valence-corrected chi connectivity index (χ2v) is 14.0. The first-order valence-corrected chi connectivity index (χ1v) is 17.4. The van der Waals surface area contributed by atoms with E-state index in [-0.39, 0.29) is 23.4 Å². The Morgan fingerprint density at radius 2 is 1.48 bits per heavy atom. The third kappa shape index (κ3) is 7.49. The molecule has 5 atom stereocenters. The molecule has 2 saturated heterocycles. The van der Waals surface area contributed by atoms with Gasteiger partial charge >= 0.3 is 0 Å². The van der Waals surface area contributed by atoms with E-state index in [1.54, 1.807) is 24.0 Å². The SMILES string of the molecule is CC[C@H](N)C(=O)NC1C(=O)N2C(CCC1CNS(=O)(=O)c1ccc(C)cc1)CCC2C(=O)NC(c1ccccc1)c1ccccc1. The van der Waals surface area contributed by atoms with Crippen LogP contribution in [0.1, 0.15) is 61.8 Å². The first-order chi connectivity index (χ1) is 22.1. The lowest BCUT2D eigenvalue weighted by Gasteiger charge is -2.33. The summed E-state index contributed by atoms with van der Waals surface area (Å²) >= 11 is 0. The van der Waals surface area contributed by atoms with Crippen molar-refractivity contribution in [2.24, 2.45) is 11.7 Å². The zero-order valence-corrected chi connectivity index (χ0v) is 27.1. The van der Waals surface area contributed by atoms with Crippen LogP contribution in [0.4, 0.5) is 0 Å². The average Bonchev–Trinajstić information content (AvgIpc) is 3.45. The Bertz CT molecular complexity index is 1580. The Hall–Kier alpha value is -4.06. The van der Waals surface area contributed by atoms with Crippen LogP contribution in [0.25, 0.3) is 0 Å². The van der Waals surface area contributed by atoms with E-state index in [1.807, 2.05) is 67.6 Å². The summed E-state index contributed by atoms with van der Waals surface area (Å²) in [5.74, 6) is -1.70. The van der Waals surface area contributed by atoms with Gasteiger partial charge in [-0.3, -0.25) is 14.4 Å². The molecule has 46 heavy (non-hydrogen) atoms. The van der Waals surface area contributed by atoms with Crippen LogP contribution in [0.15, 0.2) is 89.8 Å². The van der Waals surface area contributed by atoms with Crippen LogP contribution in [0.5, 0.6) is 0 Å². The van der Waals surface area contributed by atoms with Crippen molar-refractivity contribution in [1.29, 1.82) is 0 Å². The maximum absolute atomic E-state index is 14.4. The minimum atomic E-state index is -3.86. The molecule has 0 aromatic heterocycles. The zero-order valence-electron chi connectivity index (χ0n) is 26.3. The van der Waals surface area contributed by atoms with Crippen molar-refractivity contribution >= 4 is 27.7 Å². The topological polar surface area (TPSA) is 151 Å². The van der Waals surface area contributed by atoms with Gasteiger partial charge in [0.15, 0.2) is 0 Å². The quantitative estimate of drug-likeness (QED) is 0.252. The van der Waals surface area contributed by atoms with E-state index >= 15 is 0 Å². The highest BCUT2D eigenvalue weighted by Crippen LogP contribution is 2.35. The molecule has 2 fully saturated rings. The minimum Gasteiger partial charge on any atom is -0.343 e. The lowest BCUT2D eigenvalue weighted by molar-refractivity contribution is -0.143. The molecular formula is C35H43N5O5S. The van der Waals surface area contributed by atoms with E-state index < -0.39 is 51.9 Å². The molecule has 5 rings (SSSR count). The van der Waals surface area contributed by atoms with Gasteiger partial charge in [0.1, 0.15) is 12.1 Å². The summed E-state index contributed by atoms with van der Waals surface area (Å²) in [7, 11) is -3.86. The highest BCUT2D eigenvalue weighted by Gasteiger charge is 2.48. The summed E-state index contributed by atoms with van der Waals surface area (Å²) in [5, 5.41) is 6.03. The molecule has 10 nitrogen and oxygen atoms in total. The normalized spacial score (nSPS) is 22.2. The van der Waals surface area contributed by atoms with Crippen LogP contribution < -0.4 is 21.1 Å². The van der Waals surface area contributed by atoms with Gasteiger partial charge in [-0.05, 0) is 62.3 Å². The van der Waals surface area contributed by atoms with Crippen LogP contribution in [0.2, 0.25) is 0 Å². The highest BCUT2D eigenvalue weighted by atomic mass is 32.2. The first kappa shape index (κ1) is 33.3. The maximum atomic E-state index is 14.4. The summed E-state index contributed by atoms with van der Waals surface area (Å²) in [6.07, 6.45) is 2.52. The van der Waals surface area contributed by atoms with Crippen molar-refractivity contribution in [3.05, 3.63) is 102 Å². The third-order valence-corrected chi connectivity index (χ3v) is 10.6. The van der Waals surface area contributed by atoms with Crippen LogP contribution in [-0.2, 0) is 24.4 Å². The minimum absolute atomic E-state index is 0.0598. The number of aryl methyl sites for hydroxylation is 1. The van der Waals surface area contributed by atoms with E-state index in [9.17, 15) is 22.8 Å². The number of carbonyl (C=O) groups is 3. The second kappa shape index (κ2) is 14.6. The fourth-order valence-corrected chi connectivity index (χ4v) is 7.54. The van der Waals surface area contributed by atoms with Crippen LogP contribution >= 0.6 is 0 Å². The second-order valence-electron chi connectivity index (χ2n) is 12.3. The Morgan fingerprint density at radius 1 is 0.891 bits per heavy atom. The number of nitrogens with zero attached hydrogens (tertiary/aromatic N) is 1. The van der Waals surface area contributed by atoms with Gasteiger partial charge in [-0.25, -0.2) is 13.1 Å². The number of nitrogens with two attached hydrogens (primary N) is 1. The van der Waals surface area contributed by atoms with Crippen molar-refractivity contribution in [2.75, 3.05) is 6.54 Å². The first-order valence-electron chi connectivity index (χ1n) is 15.9. The molecule has 0 aliphatic carbocycles. The van der Waals surface area contributed by atoms with Crippen molar-refractivity contribution in [3.63, 3.8) is 0 Å². The molecule has 3 amide bonds. The van der Waals surface area contributed by atoms with Crippen molar-refractivity contribution in [3.8, 4) is 0 Å². The Balaban J connectivity index is 1.39. The van der Waals surface area contributed by atoms with Crippen molar-refractivity contribution in [2.45, 2.75) is 81.1 Å². The third-order valence-electron chi connectivity index (χ3n) is 9.16. The lowest BCUT2D eigenvalue weighted by atomic mass is 9.93. The van der Waals surface area contributed by atoms with Gasteiger partial charge in [-0.1, -0.05) is 85.3 Å². The monoisotopic (exact) mass is 645 g/mol. The van der Waals surface area contributed by atoms with Gasteiger partial charge in [0, 0.05) is 18.5 Å². The average molecular weight is 646 g/mol. The molecule has 3 aromatic carbocycles. The van der Waals surface area contributed by atoms with Crippen molar-refractivity contribution < 1.29 is 22.8 Å². The van der Waals surface area contributed by atoms with Gasteiger partial charge in [-0.2, -0.15) is 0 Å². The summed E-state index contributed by atoms with van der Waals surface area (Å²) in [5.41, 5.74) is 8.79. The summed E-state index contributed by atoms with van der Waals surface area (Å²) in [6.45, 7) is 3.59. The predicted octanol–water partition coefficient (Wildman–Crippen LogP) is 3.17. The number of carbonyl (C=O) groups excluding carboxylic acids is 3. The zero-order chi connectivity index (χ0) is 32.8. The smallest absolute Gasteiger partial charge is 0.246 e. The molecule has 244 valence electrons. The van der Waals surface area contributed by atoms with Crippen LogP contribution in [-0.4, -0.2) is 61.8 Å². The number of benzene rings is 3. The summed E-state index contributed by atoms with van der Waals surface area (Å²) < 4.78 is 28.9. The Kier molecular flexibility index (Phi) is 10.6. The van der Waals surface area contributed by atoms with E-state index in [1.165, 1.54) is 12.1 Å². The van der Waals surface area contributed by atoms with E-state index in [0.29, 0.717) is 32.1 Å². The maximum Gasteiger partial charge on any atom is 0.246 e. The molecule has 0 saturated carbocycles. The Labute approximate surface area is 271 Å². The number of hydrogen-bond donors (Lipinski definition) is 4. The standard InChI is InChI=1S/C35H43N5O5S/c1-3-29(36)33(41)39-32-26(22-37-46(44,45)28-19-14-23(2)15-20-28)16-17-27-18-21-30(40(27)35(32)43)34(42)38-31(24-10-6-4-7-11-24)25-12-8-5-9-13-25/h4-15,19-20,26-27,29-32,37H,3,16-18,21-22,36H2,1-2H3,(H,38,42)(H,39,41)/t26?,27?,29-,30?,32?/m0/s1. The molecule has 0 radical (unpaired) electrons. The van der Waals surface area contributed by atoms with Gasteiger partial charge < -0.3 is 21.3 Å². The molecule has 11 heteroatoms. The number of amides is 3. The molecule has 2 aliphatic rings. The fraction of sp³-hybridized carbons (Fsp3) is 0.400. The van der Waals surface area contributed by atoms with E-state index in [4.69, 9.17) is 5.73 Å². The largest absolute Gasteiger partial charge is 0.343 e. The Morgan fingerprint density at radius 3 is 2.07 bits per heavy atom. The van der Waals surface area contributed by atoms with Gasteiger partial charge in [0.25, 0.3) is 0 Å². The van der Waals surface area contributed by atoms with E-state index in [2.05, 4.69) is 15.4 Å². The van der Waals surface area contributed by atoms with E-state index in [0.717, 1.165) is 16.7 Å². The molecule has 2 heterocycles. The summed E-state index contributed by atoms with van der Waals surface area (Å²) in [4.78, 5) is 43.2. The molecule has 4 unspecified atom stereocenters. The number of fused-ring (bicyclic) bond motifs is 1. The van der Waals surface area contributed by atoms with Gasteiger partial charge in [-0.15, -0.1) is 0 Å². The molecule has 2 aliphatic heterocycles. The van der Waals surface area contributed by atoms with Gasteiger partial charge in [0.05, 0.1) is 17.0 Å². The number of sulfonamides is 1. The van der Waals surface area contributed by atoms with Crippen LogP contribution in [0.3, 0.4) is 0 Å². The molecule has 3 aromatic rings. The summed E-state index contributed by atoms with van der Waals surface area (Å²) in [6, 6.07) is 22.6. The molecule has 0 spiro atoms. The lowest BCUT2D eigenvalue weighted by Crippen LogP contribution is -2.59. The molecule has 0 bridgehead atoms. The number of nitrogens with one attached hydrogen (secondary N) is 3. The molecule has 5 N–H and O–H groups in total. The predicted molar refractivity (Wildman–Crippen MR) is 176 cm³/mol. The van der Waals surface area contributed by atoms with Crippen LogP contribution in [0, 0.1) is 12.8 Å².